The first-order valence-corrected chi connectivity index (χ1v) is 11.7. The molecule has 194 valence electrons. The first kappa shape index (κ1) is 23.7. The maximum Gasteiger partial charge on any atom is 0.416 e. The number of ether oxygens (including phenoxy) is 1. The monoisotopic (exact) mass is 522 g/mol. The van der Waals surface area contributed by atoms with Crippen LogP contribution in [0, 0.1) is 0 Å². The van der Waals surface area contributed by atoms with Crippen LogP contribution < -0.4 is 15.5 Å². The van der Waals surface area contributed by atoms with E-state index in [0.29, 0.717) is 37.9 Å². The van der Waals surface area contributed by atoms with Gasteiger partial charge in [-0.05, 0) is 24.3 Å². The number of hydrogen-bond acceptors (Lipinski definition) is 9. The number of aromatic nitrogens is 7. The molecule has 38 heavy (non-hydrogen) atoms. The lowest BCUT2D eigenvalue weighted by Crippen LogP contribution is -2.36. The Morgan fingerprint density at radius 2 is 1.79 bits per heavy atom. The highest BCUT2D eigenvalue weighted by atomic mass is 19.4. The molecule has 4 aromatic heterocycles. The average Bonchev–Trinajstić information content (AvgIpc) is 3.61. The summed E-state index contributed by atoms with van der Waals surface area (Å²) in [6, 6.07) is 9.05. The number of nitrogens with zero attached hydrogens (tertiary/aromatic N) is 8. The number of benzene rings is 1. The number of anilines is 5. The number of imidazole rings is 1. The number of hydrogen-bond donors (Lipinski definition) is 2. The third-order valence-electron chi connectivity index (χ3n) is 5.90. The summed E-state index contributed by atoms with van der Waals surface area (Å²) in [5.74, 6) is 1.20. The van der Waals surface area contributed by atoms with Crippen molar-refractivity contribution >= 4 is 34.6 Å². The second-order valence-electron chi connectivity index (χ2n) is 8.50. The Labute approximate surface area is 213 Å². The van der Waals surface area contributed by atoms with E-state index in [9.17, 15) is 13.2 Å². The molecule has 0 saturated carbocycles. The standard InChI is InChI=1S/C24H21F3N10O/c25-24(26,27)16-9-18(11-19(10-16)37-15-28-14-30-37)32-23-33-20(13-22(34-23)36-5-7-38-8-6-36)31-17-1-3-35-4-2-29-21(35)12-17/h1-4,9-15H,5-8H2,(H2,31,32,33,34). The summed E-state index contributed by atoms with van der Waals surface area (Å²) >= 11 is 0. The van der Waals surface area contributed by atoms with E-state index in [-0.39, 0.29) is 17.3 Å². The molecular formula is C24H21F3N10O. The minimum absolute atomic E-state index is 0.127. The molecule has 1 saturated heterocycles. The lowest BCUT2D eigenvalue weighted by atomic mass is 10.1. The first-order chi connectivity index (χ1) is 18.4. The quantitative estimate of drug-likeness (QED) is 0.341. The van der Waals surface area contributed by atoms with Crippen LogP contribution in [0.5, 0.6) is 0 Å². The van der Waals surface area contributed by atoms with Crippen molar-refractivity contribution in [3.05, 3.63) is 73.2 Å². The molecule has 0 unspecified atom stereocenters. The number of rotatable bonds is 6. The number of morpholine rings is 1. The van der Waals surface area contributed by atoms with Gasteiger partial charge in [0, 0.05) is 55.2 Å². The van der Waals surface area contributed by atoms with Crippen LogP contribution in [-0.2, 0) is 10.9 Å². The highest BCUT2D eigenvalue weighted by Crippen LogP contribution is 2.34. The van der Waals surface area contributed by atoms with E-state index in [1.165, 1.54) is 23.4 Å². The zero-order valence-electron chi connectivity index (χ0n) is 19.8. The molecule has 0 amide bonds. The smallest absolute Gasteiger partial charge is 0.378 e. The van der Waals surface area contributed by atoms with Gasteiger partial charge in [0.2, 0.25) is 5.95 Å². The fraction of sp³-hybridized carbons (Fsp3) is 0.208. The van der Waals surface area contributed by atoms with Crippen molar-refractivity contribution in [1.29, 1.82) is 0 Å². The Kier molecular flexibility index (Phi) is 5.99. The van der Waals surface area contributed by atoms with E-state index in [1.807, 2.05) is 33.8 Å². The van der Waals surface area contributed by atoms with Crippen molar-refractivity contribution in [2.45, 2.75) is 6.18 Å². The SMILES string of the molecule is FC(F)(F)c1cc(Nc2nc(Nc3ccn4ccnc4c3)cc(N3CCOCC3)n2)cc(-n2cncn2)c1. The van der Waals surface area contributed by atoms with Crippen molar-refractivity contribution in [1.82, 2.24) is 34.1 Å². The second kappa shape index (κ2) is 9.63. The zero-order chi connectivity index (χ0) is 26.1. The van der Waals surface area contributed by atoms with Gasteiger partial charge in [-0.25, -0.2) is 14.6 Å². The van der Waals surface area contributed by atoms with Gasteiger partial charge in [-0.1, -0.05) is 0 Å². The molecule has 6 rings (SSSR count). The number of fused-ring (bicyclic) bond motifs is 1. The minimum Gasteiger partial charge on any atom is -0.378 e. The molecule has 11 nitrogen and oxygen atoms in total. The summed E-state index contributed by atoms with van der Waals surface area (Å²) < 4.78 is 49.7. The van der Waals surface area contributed by atoms with Gasteiger partial charge in [0.05, 0.1) is 24.5 Å². The van der Waals surface area contributed by atoms with E-state index in [4.69, 9.17) is 4.74 Å². The zero-order valence-corrected chi connectivity index (χ0v) is 19.8. The summed E-state index contributed by atoms with van der Waals surface area (Å²) in [6.45, 7) is 2.33. The van der Waals surface area contributed by atoms with E-state index < -0.39 is 11.7 Å². The average molecular weight is 522 g/mol. The lowest BCUT2D eigenvalue weighted by Gasteiger charge is -2.28. The van der Waals surface area contributed by atoms with E-state index >= 15 is 0 Å². The fourth-order valence-electron chi connectivity index (χ4n) is 4.09. The van der Waals surface area contributed by atoms with Crippen LogP contribution in [0.4, 0.5) is 42.1 Å². The second-order valence-corrected chi connectivity index (χ2v) is 8.50. The van der Waals surface area contributed by atoms with Crippen molar-refractivity contribution in [2.75, 3.05) is 41.8 Å². The fourth-order valence-corrected chi connectivity index (χ4v) is 4.09. The molecule has 0 spiro atoms. The molecule has 1 aliphatic heterocycles. The summed E-state index contributed by atoms with van der Waals surface area (Å²) in [5.41, 5.74) is 0.989. The van der Waals surface area contributed by atoms with Crippen LogP contribution in [0.2, 0.25) is 0 Å². The van der Waals surface area contributed by atoms with Crippen LogP contribution in [-0.4, -0.2) is 60.4 Å². The molecule has 14 heteroatoms. The van der Waals surface area contributed by atoms with E-state index in [1.54, 1.807) is 12.3 Å². The molecule has 2 N–H and O–H groups in total. The molecule has 0 radical (unpaired) electrons. The summed E-state index contributed by atoms with van der Waals surface area (Å²) in [4.78, 5) is 19.3. The Morgan fingerprint density at radius 1 is 0.921 bits per heavy atom. The number of alkyl halides is 3. The Balaban J connectivity index is 1.37. The highest BCUT2D eigenvalue weighted by molar-refractivity contribution is 5.67. The third-order valence-corrected chi connectivity index (χ3v) is 5.90. The minimum atomic E-state index is -4.57. The van der Waals surface area contributed by atoms with Gasteiger partial charge in [0.25, 0.3) is 0 Å². The molecule has 5 heterocycles. The largest absolute Gasteiger partial charge is 0.416 e. The van der Waals surface area contributed by atoms with E-state index in [2.05, 4.69) is 35.7 Å². The van der Waals surface area contributed by atoms with Gasteiger partial charge in [-0.3, -0.25) is 0 Å². The summed E-state index contributed by atoms with van der Waals surface area (Å²) in [5, 5.41) is 10.2. The lowest BCUT2D eigenvalue weighted by molar-refractivity contribution is -0.137. The summed E-state index contributed by atoms with van der Waals surface area (Å²) in [7, 11) is 0. The molecule has 0 atom stereocenters. The van der Waals surface area contributed by atoms with E-state index in [0.717, 1.165) is 23.5 Å². The van der Waals surface area contributed by atoms with Crippen molar-refractivity contribution in [3.63, 3.8) is 0 Å². The van der Waals surface area contributed by atoms with Crippen molar-refractivity contribution < 1.29 is 17.9 Å². The Morgan fingerprint density at radius 3 is 2.58 bits per heavy atom. The van der Waals surface area contributed by atoms with Crippen LogP contribution in [0.15, 0.2) is 67.6 Å². The third kappa shape index (κ3) is 5.06. The van der Waals surface area contributed by atoms with Crippen LogP contribution in [0.1, 0.15) is 5.56 Å². The molecule has 0 aliphatic carbocycles. The van der Waals surface area contributed by atoms with Gasteiger partial charge in [-0.15, -0.1) is 0 Å². The van der Waals surface area contributed by atoms with Gasteiger partial charge >= 0.3 is 6.18 Å². The topological polar surface area (TPSA) is 110 Å². The molecular weight excluding hydrogens is 501 g/mol. The van der Waals surface area contributed by atoms with Gasteiger partial charge < -0.3 is 24.7 Å². The van der Waals surface area contributed by atoms with Gasteiger partial charge in [-0.2, -0.15) is 28.2 Å². The maximum absolute atomic E-state index is 13.7. The maximum atomic E-state index is 13.7. The molecule has 1 aliphatic rings. The van der Waals surface area contributed by atoms with Crippen molar-refractivity contribution in [2.24, 2.45) is 0 Å². The van der Waals surface area contributed by atoms with Crippen LogP contribution >= 0.6 is 0 Å². The summed E-state index contributed by atoms with van der Waals surface area (Å²) in [6.07, 6.45) is 3.41. The molecule has 0 bridgehead atoms. The molecule has 5 aromatic rings. The first-order valence-electron chi connectivity index (χ1n) is 11.7. The predicted molar refractivity (Wildman–Crippen MR) is 133 cm³/mol. The van der Waals surface area contributed by atoms with Gasteiger partial charge in [0.1, 0.15) is 29.9 Å². The Bertz CT molecular complexity index is 1560. The molecule has 1 fully saturated rings. The van der Waals surface area contributed by atoms with Crippen molar-refractivity contribution in [3.8, 4) is 5.69 Å². The highest BCUT2D eigenvalue weighted by Gasteiger charge is 2.31. The van der Waals surface area contributed by atoms with Crippen LogP contribution in [0.3, 0.4) is 0 Å². The Hall–Kier alpha value is -4.72. The van der Waals surface area contributed by atoms with Crippen LogP contribution in [0.25, 0.3) is 11.3 Å². The normalized spacial score (nSPS) is 14.1. The number of pyridine rings is 1. The predicted octanol–water partition coefficient (Wildman–Crippen LogP) is 4.05. The van der Waals surface area contributed by atoms with Gasteiger partial charge in [0.15, 0.2) is 0 Å². The number of halogens is 3. The number of nitrogens with one attached hydrogen (secondary N) is 2. The molecule has 1 aromatic carbocycles.